The predicted molar refractivity (Wildman–Crippen MR) is 164 cm³/mol. The minimum atomic E-state index is -4.47. The molecule has 0 aliphatic carbocycles. The minimum Gasteiger partial charge on any atom is -0.495 e. The molecule has 12 heteroatoms. The number of hydrogen-bond donors (Lipinski definition) is 3. The average molecular weight is 613 g/mol. The number of nitrogens with zero attached hydrogens (tertiary/aromatic N) is 3. The molecule has 44 heavy (non-hydrogen) atoms. The van der Waals surface area contributed by atoms with Gasteiger partial charge in [0.05, 0.1) is 36.7 Å². The molecule has 2 atom stereocenters. The zero-order valence-corrected chi connectivity index (χ0v) is 25.9. The number of methoxy groups -OCH3 is 1. The van der Waals surface area contributed by atoms with E-state index in [0.717, 1.165) is 30.4 Å². The van der Waals surface area contributed by atoms with Crippen molar-refractivity contribution in [2.24, 2.45) is 5.92 Å². The van der Waals surface area contributed by atoms with Crippen LogP contribution in [0.3, 0.4) is 0 Å². The van der Waals surface area contributed by atoms with Gasteiger partial charge in [0.1, 0.15) is 17.8 Å². The fourth-order valence-corrected chi connectivity index (χ4v) is 5.36. The largest absolute Gasteiger partial charge is 0.495 e. The van der Waals surface area contributed by atoms with Gasteiger partial charge < -0.3 is 25.3 Å². The molecule has 2 amide bonds. The number of carbonyl (C=O) groups is 2. The molecule has 3 aromatic rings. The molecule has 2 heterocycles. The van der Waals surface area contributed by atoms with E-state index in [4.69, 9.17) is 4.74 Å². The van der Waals surface area contributed by atoms with E-state index in [-0.39, 0.29) is 46.5 Å². The number of nitrogens with one attached hydrogen (secondary N) is 3. The number of carbonyl (C=O) groups excluding carboxylic acids is 2. The molecule has 1 saturated heterocycles. The minimum absolute atomic E-state index is 0.0145. The van der Waals surface area contributed by atoms with Gasteiger partial charge in [0.2, 0.25) is 0 Å². The summed E-state index contributed by atoms with van der Waals surface area (Å²) in [5.74, 6) is 5.95. The lowest BCUT2D eigenvalue weighted by Gasteiger charge is -2.44. The van der Waals surface area contributed by atoms with Gasteiger partial charge in [0, 0.05) is 42.8 Å². The maximum Gasteiger partial charge on any atom is 0.406 e. The van der Waals surface area contributed by atoms with Gasteiger partial charge in [-0.3, -0.25) is 14.5 Å². The smallest absolute Gasteiger partial charge is 0.406 e. The van der Waals surface area contributed by atoms with Crippen LogP contribution in [-0.2, 0) is 6.54 Å². The Morgan fingerprint density at radius 3 is 2.52 bits per heavy atom. The quantitative estimate of drug-likeness (QED) is 0.336. The molecular formula is C32H39F3N6O3. The highest BCUT2D eigenvalue weighted by atomic mass is 19.4. The molecule has 0 saturated carbocycles. The number of benzene rings is 2. The Bertz CT molecular complexity index is 1580. The number of anilines is 1. The van der Waals surface area contributed by atoms with Crippen molar-refractivity contribution in [1.29, 1.82) is 0 Å². The van der Waals surface area contributed by atoms with Gasteiger partial charge in [-0.15, -0.1) is 0 Å². The molecule has 0 radical (unpaired) electrons. The van der Waals surface area contributed by atoms with E-state index in [1.54, 1.807) is 24.3 Å². The molecule has 1 aliphatic rings. The summed E-state index contributed by atoms with van der Waals surface area (Å²) in [4.78, 5) is 32.2. The van der Waals surface area contributed by atoms with Crippen molar-refractivity contribution < 1.29 is 27.5 Å². The fraction of sp³-hybridized carbons (Fsp3) is 0.469. The summed E-state index contributed by atoms with van der Waals surface area (Å²) >= 11 is 0. The third-order valence-electron chi connectivity index (χ3n) is 7.78. The zero-order chi connectivity index (χ0) is 32.2. The Kier molecular flexibility index (Phi) is 9.78. The summed E-state index contributed by atoms with van der Waals surface area (Å²) in [7, 11) is 3.04. The average Bonchev–Trinajstić information content (AvgIpc) is 3.35. The Balaban J connectivity index is 1.60. The van der Waals surface area contributed by atoms with E-state index in [0.29, 0.717) is 22.6 Å². The lowest BCUT2D eigenvalue weighted by molar-refractivity contribution is -0.139. The maximum absolute atomic E-state index is 13.6. The molecule has 9 nitrogen and oxygen atoms in total. The fourth-order valence-electron chi connectivity index (χ4n) is 5.36. The molecule has 3 N–H and O–H groups in total. The number of ether oxygens (including phenoxy) is 1. The Morgan fingerprint density at radius 1 is 1.14 bits per heavy atom. The number of fused-ring (bicyclic) bond motifs is 1. The topological polar surface area (TPSA) is 101 Å². The van der Waals surface area contributed by atoms with Gasteiger partial charge in [-0.25, -0.2) is 4.98 Å². The molecule has 2 aromatic carbocycles. The number of alkyl halides is 3. The van der Waals surface area contributed by atoms with E-state index < -0.39 is 18.6 Å². The molecule has 236 valence electrons. The lowest BCUT2D eigenvalue weighted by atomic mass is 9.90. The summed E-state index contributed by atoms with van der Waals surface area (Å²) in [6.45, 7) is 9.10. The van der Waals surface area contributed by atoms with Crippen LogP contribution in [0.25, 0.3) is 11.0 Å². The Hall–Kier alpha value is -4.24. The summed E-state index contributed by atoms with van der Waals surface area (Å²) in [6.07, 6.45) is -2.62. The normalized spacial score (nSPS) is 17.5. The number of likely N-dealkylation sites (tertiary alicyclic amines) is 1. The highest BCUT2D eigenvalue weighted by molar-refractivity contribution is 6.05. The van der Waals surface area contributed by atoms with Crippen LogP contribution in [0, 0.1) is 17.8 Å². The number of aromatic nitrogens is 2. The first-order valence-electron chi connectivity index (χ1n) is 14.4. The number of imidazole rings is 1. The SMILES string of the molecule is CNC(=O)c1ccc(OC)c(NCC#Cc2cc(C(=O)N[C@H]3CCN(C(C)(C)C)C[C@@H]3C)c3ncn(CC(F)(F)F)c3c2)c1. The third kappa shape index (κ3) is 7.82. The molecular weight excluding hydrogens is 573 g/mol. The molecule has 1 aliphatic heterocycles. The first kappa shape index (κ1) is 32.7. The molecule has 1 aromatic heterocycles. The van der Waals surface area contributed by atoms with E-state index in [2.05, 4.69) is 65.4 Å². The third-order valence-corrected chi connectivity index (χ3v) is 7.78. The van der Waals surface area contributed by atoms with E-state index in [9.17, 15) is 22.8 Å². The van der Waals surface area contributed by atoms with E-state index >= 15 is 0 Å². The standard InChI is InChI=1S/C32H39F3N6O3/c1-20-17-41(31(2,3)4)13-11-24(20)39-30(43)23-14-21(15-26-28(23)38-19-40(26)18-32(33,34)35)8-7-12-37-25-16-22(29(42)36-5)9-10-27(25)44-6/h9-10,14-16,19-20,24,37H,11-13,17-18H2,1-6H3,(H,36,42)(H,39,43)/t20-,24-/m0/s1. The molecule has 1 fully saturated rings. The van der Waals surface area contributed by atoms with Crippen molar-refractivity contribution in [3.05, 3.63) is 53.3 Å². The van der Waals surface area contributed by atoms with Gasteiger partial charge in [0.25, 0.3) is 11.8 Å². The summed E-state index contributed by atoms with van der Waals surface area (Å²) in [6, 6.07) is 7.92. The number of amides is 2. The number of piperidine rings is 1. The van der Waals surface area contributed by atoms with Crippen molar-refractivity contribution >= 4 is 28.5 Å². The van der Waals surface area contributed by atoms with Gasteiger partial charge >= 0.3 is 6.18 Å². The maximum atomic E-state index is 13.6. The van der Waals surface area contributed by atoms with E-state index in [1.165, 1.54) is 20.2 Å². The van der Waals surface area contributed by atoms with Gasteiger partial charge in [-0.1, -0.05) is 18.8 Å². The number of hydrogen-bond acceptors (Lipinski definition) is 6. The summed E-state index contributed by atoms with van der Waals surface area (Å²) in [5.41, 5.74) is 1.89. The highest BCUT2D eigenvalue weighted by Gasteiger charge is 2.33. The highest BCUT2D eigenvalue weighted by Crippen LogP contribution is 2.28. The van der Waals surface area contributed by atoms with E-state index in [1.807, 2.05) is 0 Å². The Morgan fingerprint density at radius 2 is 1.89 bits per heavy atom. The van der Waals surface area contributed by atoms with Crippen LogP contribution in [0.15, 0.2) is 36.7 Å². The van der Waals surface area contributed by atoms with Crippen LogP contribution < -0.4 is 20.7 Å². The number of rotatable bonds is 7. The van der Waals surface area contributed by atoms with Gasteiger partial charge in [0.15, 0.2) is 0 Å². The first-order chi connectivity index (χ1) is 20.7. The predicted octanol–water partition coefficient (Wildman–Crippen LogP) is 4.67. The van der Waals surface area contributed by atoms with Crippen molar-refractivity contribution in [3.8, 4) is 17.6 Å². The second-order valence-electron chi connectivity index (χ2n) is 12.0. The van der Waals surface area contributed by atoms with Crippen molar-refractivity contribution in [1.82, 2.24) is 25.1 Å². The van der Waals surface area contributed by atoms with Crippen LogP contribution in [0.5, 0.6) is 5.75 Å². The molecule has 0 spiro atoms. The van der Waals surface area contributed by atoms with Crippen LogP contribution in [0.1, 0.15) is 60.4 Å². The summed E-state index contributed by atoms with van der Waals surface area (Å²) in [5, 5.41) is 8.79. The molecule has 0 bridgehead atoms. The summed E-state index contributed by atoms with van der Waals surface area (Å²) < 4.78 is 46.4. The first-order valence-corrected chi connectivity index (χ1v) is 14.4. The van der Waals surface area contributed by atoms with Crippen LogP contribution in [0.4, 0.5) is 18.9 Å². The Labute approximate surface area is 255 Å². The molecule has 0 unspecified atom stereocenters. The van der Waals surface area contributed by atoms with Gasteiger partial charge in [-0.05, 0) is 63.4 Å². The lowest BCUT2D eigenvalue weighted by Crippen LogP contribution is -2.54. The second-order valence-corrected chi connectivity index (χ2v) is 12.0. The van der Waals surface area contributed by atoms with Crippen LogP contribution in [0.2, 0.25) is 0 Å². The zero-order valence-electron chi connectivity index (χ0n) is 25.9. The van der Waals surface area contributed by atoms with Crippen LogP contribution >= 0.6 is 0 Å². The second kappa shape index (κ2) is 13.2. The van der Waals surface area contributed by atoms with Crippen molar-refractivity contribution in [2.45, 2.75) is 58.4 Å². The van der Waals surface area contributed by atoms with Crippen molar-refractivity contribution in [3.63, 3.8) is 0 Å². The van der Waals surface area contributed by atoms with Crippen LogP contribution in [-0.4, -0.2) is 77.8 Å². The van der Waals surface area contributed by atoms with Gasteiger partial charge in [-0.2, -0.15) is 13.2 Å². The monoisotopic (exact) mass is 612 g/mol. The van der Waals surface area contributed by atoms with Crippen molar-refractivity contribution in [2.75, 3.05) is 39.1 Å². The molecule has 4 rings (SSSR count). The number of halogens is 3.